The van der Waals surface area contributed by atoms with Gasteiger partial charge in [-0.3, -0.25) is 13.9 Å². The van der Waals surface area contributed by atoms with Crippen molar-refractivity contribution in [1.82, 2.24) is 10.2 Å². The third-order valence-electron chi connectivity index (χ3n) is 7.85. The molecule has 4 aromatic carbocycles. The Balaban J connectivity index is 1.83. The molecule has 2 amide bonds. The van der Waals surface area contributed by atoms with Gasteiger partial charge in [-0.05, 0) is 73.9 Å². The van der Waals surface area contributed by atoms with Crippen LogP contribution in [0.15, 0.2) is 102 Å². The second kappa shape index (κ2) is 16.2. The minimum Gasteiger partial charge on any atom is -0.495 e. The Kier molecular flexibility index (Phi) is 12.3. The van der Waals surface area contributed by atoms with Crippen molar-refractivity contribution in [2.45, 2.75) is 57.1 Å². The zero-order chi connectivity index (χ0) is 34.1. The summed E-state index contributed by atoms with van der Waals surface area (Å²) in [6, 6.07) is 26.2. The number of methoxy groups -OCH3 is 1. The Morgan fingerprint density at radius 1 is 0.894 bits per heavy atom. The van der Waals surface area contributed by atoms with Crippen molar-refractivity contribution in [1.29, 1.82) is 0 Å². The van der Waals surface area contributed by atoms with Crippen LogP contribution in [0.2, 0.25) is 10.0 Å². The molecule has 0 saturated carbocycles. The molecule has 4 aromatic rings. The highest BCUT2D eigenvalue weighted by Crippen LogP contribution is 2.32. The minimum atomic E-state index is -4.27. The second-order valence-electron chi connectivity index (χ2n) is 11.3. The minimum absolute atomic E-state index is 0.00226. The van der Waals surface area contributed by atoms with Crippen LogP contribution in [0, 0.1) is 6.92 Å². The summed E-state index contributed by atoms with van der Waals surface area (Å²) >= 11 is 12.6. The highest BCUT2D eigenvalue weighted by molar-refractivity contribution is 7.92. The fourth-order valence-corrected chi connectivity index (χ4v) is 6.74. The third kappa shape index (κ3) is 9.28. The number of benzene rings is 4. The van der Waals surface area contributed by atoms with Gasteiger partial charge in [0, 0.05) is 24.0 Å². The normalized spacial score (nSPS) is 12.6. The fraction of sp³-hybridized carbons (Fsp3) is 0.278. The standard InChI is InChI=1S/C36H39Cl2N3O5S/c1-5-26(3)39-36(43)33(21-27-9-7-6-8-10-27)40(23-28-13-15-29(37)16-14-28)35(42)24-41(30-17-20-34(46-4)32(38)22-30)47(44,45)31-18-11-25(2)12-19-31/h6-20,22,26,33H,5,21,23-24H2,1-4H3,(H,39,43)/t26-,33-/m1/s1. The van der Waals surface area contributed by atoms with Gasteiger partial charge in [0.1, 0.15) is 18.3 Å². The zero-order valence-corrected chi connectivity index (χ0v) is 29.1. The van der Waals surface area contributed by atoms with Gasteiger partial charge in [-0.2, -0.15) is 0 Å². The molecule has 248 valence electrons. The predicted octanol–water partition coefficient (Wildman–Crippen LogP) is 7.06. The summed E-state index contributed by atoms with van der Waals surface area (Å²) in [6.07, 6.45) is 0.900. The van der Waals surface area contributed by atoms with E-state index in [0.29, 0.717) is 17.2 Å². The first-order valence-corrected chi connectivity index (χ1v) is 17.4. The molecule has 0 aliphatic heterocycles. The molecule has 1 N–H and O–H groups in total. The van der Waals surface area contributed by atoms with Crippen molar-refractivity contribution >= 4 is 50.7 Å². The number of hydrogen-bond acceptors (Lipinski definition) is 5. The number of anilines is 1. The van der Waals surface area contributed by atoms with Crippen LogP contribution >= 0.6 is 23.2 Å². The highest BCUT2D eigenvalue weighted by atomic mass is 35.5. The predicted molar refractivity (Wildman–Crippen MR) is 188 cm³/mol. The number of hydrogen-bond donors (Lipinski definition) is 1. The quantitative estimate of drug-likeness (QED) is 0.152. The third-order valence-corrected chi connectivity index (χ3v) is 10.2. The summed E-state index contributed by atoms with van der Waals surface area (Å²) in [5.74, 6) is -0.572. The van der Waals surface area contributed by atoms with E-state index in [1.165, 1.54) is 36.3 Å². The van der Waals surface area contributed by atoms with Crippen molar-refractivity contribution in [2.24, 2.45) is 0 Å². The van der Waals surface area contributed by atoms with Crippen LogP contribution in [0.3, 0.4) is 0 Å². The number of carbonyl (C=O) groups is 2. The molecule has 0 fully saturated rings. The van der Waals surface area contributed by atoms with Crippen molar-refractivity contribution in [2.75, 3.05) is 18.0 Å². The van der Waals surface area contributed by atoms with Gasteiger partial charge in [0.2, 0.25) is 11.8 Å². The average Bonchev–Trinajstić information content (AvgIpc) is 3.06. The van der Waals surface area contributed by atoms with E-state index >= 15 is 0 Å². The van der Waals surface area contributed by atoms with Crippen LogP contribution in [0.25, 0.3) is 0 Å². The summed E-state index contributed by atoms with van der Waals surface area (Å²) in [5.41, 5.74) is 2.61. The van der Waals surface area contributed by atoms with E-state index < -0.39 is 28.5 Å². The first-order chi connectivity index (χ1) is 22.4. The Hall–Kier alpha value is -4.05. The van der Waals surface area contributed by atoms with E-state index in [0.717, 1.165) is 21.0 Å². The van der Waals surface area contributed by atoms with Gasteiger partial charge in [0.15, 0.2) is 0 Å². The lowest BCUT2D eigenvalue weighted by Gasteiger charge is -2.34. The number of halogens is 2. The van der Waals surface area contributed by atoms with E-state index in [1.807, 2.05) is 51.1 Å². The summed E-state index contributed by atoms with van der Waals surface area (Å²) in [7, 11) is -2.82. The number of nitrogens with one attached hydrogen (secondary N) is 1. The first kappa shape index (κ1) is 35.8. The van der Waals surface area contributed by atoms with E-state index in [2.05, 4.69) is 5.32 Å². The number of amides is 2. The van der Waals surface area contributed by atoms with Crippen LogP contribution in [-0.2, 0) is 32.6 Å². The SMILES string of the molecule is CC[C@@H](C)NC(=O)[C@@H](Cc1ccccc1)N(Cc1ccc(Cl)cc1)C(=O)CN(c1ccc(OC)c(Cl)c1)S(=O)(=O)c1ccc(C)cc1. The van der Waals surface area contributed by atoms with Crippen LogP contribution in [0.5, 0.6) is 5.75 Å². The van der Waals surface area contributed by atoms with Crippen molar-refractivity contribution in [3.05, 3.63) is 124 Å². The smallest absolute Gasteiger partial charge is 0.264 e. The van der Waals surface area contributed by atoms with Crippen LogP contribution < -0.4 is 14.4 Å². The summed E-state index contributed by atoms with van der Waals surface area (Å²) in [4.78, 5) is 30.0. The molecular formula is C36H39Cl2N3O5S. The molecule has 0 aromatic heterocycles. The Morgan fingerprint density at radius 2 is 1.55 bits per heavy atom. The van der Waals surface area contributed by atoms with Crippen LogP contribution in [0.4, 0.5) is 5.69 Å². The second-order valence-corrected chi connectivity index (χ2v) is 14.0. The van der Waals surface area contributed by atoms with Crippen molar-refractivity contribution in [3.63, 3.8) is 0 Å². The Labute approximate surface area is 287 Å². The van der Waals surface area contributed by atoms with E-state index in [9.17, 15) is 18.0 Å². The van der Waals surface area contributed by atoms with Gasteiger partial charge in [0.25, 0.3) is 10.0 Å². The monoisotopic (exact) mass is 695 g/mol. The fourth-order valence-electron chi connectivity index (χ4n) is 4.96. The number of ether oxygens (including phenoxy) is 1. The van der Waals surface area contributed by atoms with E-state index in [1.54, 1.807) is 42.5 Å². The Morgan fingerprint density at radius 3 is 2.15 bits per heavy atom. The molecule has 0 spiro atoms. The lowest BCUT2D eigenvalue weighted by Crippen LogP contribution is -2.54. The molecule has 47 heavy (non-hydrogen) atoms. The van der Waals surface area contributed by atoms with Crippen molar-refractivity contribution < 1.29 is 22.7 Å². The number of sulfonamides is 1. The maximum Gasteiger partial charge on any atom is 0.264 e. The van der Waals surface area contributed by atoms with E-state index in [-0.39, 0.29) is 40.5 Å². The van der Waals surface area contributed by atoms with Crippen LogP contribution in [-0.4, -0.2) is 50.9 Å². The molecule has 0 saturated heterocycles. The molecule has 2 atom stereocenters. The molecule has 11 heteroatoms. The topological polar surface area (TPSA) is 96.0 Å². The van der Waals surface area contributed by atoms with Gasteiger partial charge in [0.05, 0.1) is 22.7 Å². The van der Waals surface area contributed by atoms with Crippen LogP contribution in [0.1, 0.15) is 37.0 Å². The van der Waals surface area contributed by atoms with Crippen molar-refractivity contribution in [3.8, 4) is 5.75 Å². The van der Waals surface area contributed by atoms with Gasteiger partial charge in [-0.25, -0.2) is 8.42 Å². The molecule has 0 heterocycles. The number of carbonyl (C=O) groups excluding carboxylic acids is 2. The Bertz CT molecular complexity index is 1770. The lowest BCUT2D eigenvalue weighted by molar-refractivity contribution is -0.140. The molecule has 8 nitrogen and oxygen atoms in total. The number of aryl methyl sites for hydroxylation is 1. The van der Waals surface area contributed by atoms with Gasteiger partial charge < -0.3 is 15.0 Å². The molecule has 4 rings (SSSR count). The molecular weight excluding hydrogens is 657 g/mol. The highest BCUT2D eigenvalue weighted by Gasteiger charge is 2.35. The molecule has 0 unspecified atom stereocenters. The summed E-state index contributed by atoms with van der Waals surface area (Å²) < 4.78 is 34.8. The van der Waals surface area contributed by atoms with Gasteiger partial charge in [-0.1, -0.05) is 90.3 Å². The molecule has 0 radical (unpaired) electrons. The molecule has 0 aliphatic carbocycles. The molecule has 0 aliphatic rings. The lowest BCUT2D eigenvalue weighted by atomic mass is 10.0. The molecule has 0 bridgehead atoms. The number of rotatable bonds is 14. The first-order valence-electron chi connectivity index (χ1n) is 15.2. The van der Waals surface area contributed by atoms with Gasteiger partial charge >= 0.3 is 0 Å². The largest absolute Gasteiger partial charge is 0.495 e. The van der Waals surface area contributed by atoms with Gasteiger partial charge in [-0.15, -0.1) is 0 Å². The zero-order valence-electron chi connectivity index (χ0n) is 26.8. The maximum atomic E-state index is 14.6. The average molecular weight is 697 g/mol. The maximum absolute atomic E-state index is 14.6. The van der Waals surface area contributed by atoms with E-state index in [4.69, 9.17) is 27.9 Å². The number of nitrogens with zero attached hydrogens (tertiary/aromatic N) is 2. The summed E-state index contributed by atoms with van der Waals surface area (Å²) in [5, 5.41) is 3.73. The summed E-state index contributed by atoms with van der Waals surface area (Å²) in [6.45, 7) is 5.14.